The largest absolute Gasteiger partial charge is 0.469 e. The molecule has 5 heteroatoms. The minimum absolute atomic E-state index is 0.104. The zero-order valence-corrected chi connectivity index (χ0v) is 13.2. The third-order valence-corrected chi connectivity index (χ3v) is 4.39. The summed E-state index contributed by atoms with van der Waals surface area (Å²) in [4.78, 5) is 16.9. The minimum atomic E-state index is 0.104. The molecule has 1 aromatic heterocycles. The van der Waals surface area contributed by atoms with Gasteiger partial charge < -0.3 is 15.1 Å². The van der Waals surface area contributed by atoms with Crippen LogP contribution in [0.4, 0.5) is 0 Å². The quantitative estimate of drug-likeness (QED) is 0.867. The molecule has 1 fully saturated rings. The van der Waals surface area contributed by atoms with Gasteiger partial charge in [-0.3, -0.25) is 9.69 Å². The molecule has 1 atom stereocenters. The molecule has 0 aromatic carbocycles. The number of furan rings is 1. The van der Waals surface area contributed by atoms with Crippen molar-refractivity contribution >= 4 is 5.91 Å². The highest BCUT2D eigenvalue weighted by atomic mass is 16.3. The Bertz CT molecular complexity index is 450. The molecular formula is C16H27N3O2. The summed E-state index contributed by atoms with van der Waals surface area (Å²) in [5.41, 5.74) is 6.40. The van der Waals surface area contributed by atoms with E-state index in [0.29, 0.717) is 6.04 Å². The highest BCUT2D eigenvalue weighted by molar-refractivity contribution is 5.95. The maximum atomic E-state index is 12.5. The molecule has 0 aliphatic carbocycles. The summed E-state index contributed by atoms with van der Waals surface area (Å²) < 4.78 is 5.36. The van der Waals surface area contributed by atoms with E-state index in [1.54, 1.807) is 12.3 Å². The zero-order valence-electron chi connectivity index (χ0n) is 13.2. The first-order valence-corrected chi connectivity index (χ1v) is 8.01. The van der Waals surface area contributed by atoms with E-state index in [2.05, 4.69) is 11.8 Å². The van der Waals surface area contributed by atoms with Crippen LogP contribution in [0.5, 0.6) is 0 Å². The number of aryl methyl sites for hydroxylation is 1. The molecule has 0 bridgehead atoms. The van der Waals surface area contributed by atoms with Crippen LogP contribution >= 0.6 is 0 Å². The van der Waals surface area contributed by atoms with Crippen molar-refractivity contribution in [2.75, 3.05) is 32.7 Å². The Morgan fingerprint density at radius 2 is 2.05 bits per heavy atom. The second kappa shape index (κ2) is 7.61. The smallest absolute Gasteiger partial charge is 0.257 e. The summed E-state index contributed by atoms with van der Waals surface area (Å²) >= 11 is 0. The molecule has 21 heavy (non-hydrogen) atoms. The fraction of sp³-hybridized carbons (Fsp3) is 0.688. The van der Waals surface area contributed by atoms with Crippen LogP contribution in [0.25, 0.3) is 0 Å². The number of piperazine rings is 1. The van der Waals surface area contributed by atoms with E-state index in [0.717, 1.165) is 63.3 Å². The van der Waals surface area contributed by atoms with E-state index in [1.165, 1.54) is 0 Å². The van der Waals surface area contributed by atoms with E-state index in [1.807, 2.05) is 11.8 Å². The van der Waals surface area contributed by atoms with Crippen molar-refractivity contribution in [1.29, 1.82) is 0 Å². The van der Waals surface area contributed by atoms with E-state index >= 15 is 0 Å². The maximum absolute atomic E-state index is 12.5. The van der Waals surface area contributed by atoms with Gasteiger partial charge in [-0.25, -0.2) is 0 Å². The van der Waals surface area contributed by atoms with Gasteiger partial charge in [0.05, 0.1) is 11.8 Å². The van der Waals surface area contributed by atoms with Crippen LogP contribution in [-0.4, -0.2) is 54.5 Å². The molecule has 118 valence electrons. The lowest BCUT2D eigenvalue weighted by Crippen LogP contribution is -2.52. The Morgan fingerprint density at radius 3 is 2.62 bits per heavy atom. The number of carbonyl (C=O) groups is 1. The van der Waals surface area contributed by atoms with E-state index in [9.17, 15) is 4.79 Å². The Balaban J connectivity index is 1.93. The average molecular weight is 293 g/mol. The second-order valence-corrected chi connectivity index (χ2v) is 5.58. The van der Waals surface area contributed by atoms with Crippen LogP contribution in [0, 0.1) is 0 Å². The topological polar surface area (TPSA) is 62.7 Å². The molecule has 0 radical (unpaired) electrons. The van der Waals surface area contributed by atoms with Gasteiger partial charge in [0, 0.05) is 38.6 Å². The van der Waals surface area contributed by atoms with Gasteiger partial charge in [0.2, 0.25) is 0 Å². The van der Waals surface area contributed by atoms with E-state index < -0.39 is 0 Å². The van der Waals surface area contributed by atoms with Gasteiger partial charge in [-0.15, -0.1) is 0 Å². The molecule has 1 amide bonds. The van der Waals surface area contributed by atoms with Crippen molar-refractivity contribution in [3.63, 3.8) is 0 Å². The number of hydrogen-bond acceptors (Lipinski definition) is 4. The number of nitrogens with zero attached hydrogens (tertiary/aromatic N) is 2. The third-order valence-electron chi connectivity index (χ3n) is 4.39. The lowest BCUT2D eigenvalue weighted by Gasteiger charge is -2.39. The highest BCUT2D eigenvalue weighted by Gasteiger charge is 2.27. The van der Waals surface area contributed by atoms with Crippen molar-refractivity contribution in [3.05, 3.63) is 23.7 Å². The molecule has 1 aliphatic rings. The molecule has 0 spiro atoms. The van der Waals surface area contributed by atoms with E-state index in [4.69, 9.17) is 10.2 Å². The molecule has 2 heterocycles. The lowest BCUT2D eigenvalue weighted by molar-refractivity contribution is 0.0555. The molecule has 0 saturated carbocycles. The molecule has 2 N–H and O–H groups in total. The maximum Gasteiger partial charge on any atom is 0.257 e. The summed E-state index contributed by atoms with van der Waals surface area (Å²) in [5, 5.41) is 0. The predicted molar refractivity (Wildman–Crippen MR) is 83.3 cm³/mol. The first-order valence-electron chi connectivity index (χ1n) is 8.01. The fourth-order valence-corrected chi connectivity index (χ4v) is 3.10. The van der Waals surface area contributed by atoms with Gasteiger partial charge in [-0.2, -0.15) is 0 Å². The molecule has 2 rings (SSSR count). The van der Waals surface area contributed by atoms with Gasteiger partial charge in [-0.1, -0.05) is 13.8 Å². The van der Waals surface area contributed by atoms with Gasteiger partial charge in [-0.05, 0) is 25.5 Å². The molecule has 1 saturated heterocycles. The van der Waals surface area contributed by atoms with Crippen molar-refractivity contribution < 1.29 is 9.21 Å². The number of rotatable bonds is 6. The minimum Gasteiger partial charge on any atom is -0.469 e. The van der Waals surface area contributed by atoms with Crippen LogP contribution < -0.4 is 5.73 Å². The van der Waals surface area contributed by atoms with Gasteiger partial charge in [0.25, 0.3) is 5.91 Å². The van der Waals surface area contributed by atoms with Gasteiger partial charge in [0.1, 0.15) is 5.76 Å². The summed E-state index contributed by atoms with van der Waals surface area (Å²) in [6, 6.07) is 2.34. The standard InChI is InChI=1S/C16H27N3O2/c1-3-13(5-7-17)18-8-10-19(11-9-18)16(20)14-6-12-21-15(14)4-2/h6,12-13H,3-5,7-11,17H2,1-2H3. The first-order chi connectivity index (χ1) is 10.2. The van der Waals surface area contributed by atoms with Crippen molar-refractivity contribution in [2.45, 2.75) is 39.2 Å². The van der Waals surface area contributed by atoms with Crippen LogP contribution in [-0.2, 0) is 6.42 Å². The van der Waals surface area contributed by atoms with Crippen LogP contribution in [0.1, 0.15) is 42.8 Å². The highest BCUT2D eigenvalue weighted by Crippen LogP contribution is 2.17. The molecule has 1 aromatic rings. The Hall–Kier alpha value is -1.33. The van der Waals surface area contributed by atoms with Crippen LogP contribution in [0.3, 0.4) is 0 Å². The van der Waals surface area contributed by atoms with Gasteiger partial charge in [0.15, 0.2) is 0 Å². The normalized spacial score (nSPS) is 18.0. The summed E-state index contributed by atoms with van der Waals surface area (Å²) in [6.45, 7) is 8.38. The molecule has 5 nitrogen and oxygen atoms in total. The fourth-order valence-electron chi connectivity index (χ4n) is 3.10. The predicted octanol–water partition coefficient (Wildman–Crippen LogP) is 1.73. The monoisotopic (exact) mass is 293 g/mol. The lowest BCUT2D eigenvalue weighted by atomic mass is 10.1. The Labute approximate surface area is 127 Å². The first kappa shape index (κ1) is 16.0. The zero-order chi connectivity index (χ0) is 15.2. The number of carbonyl (C=O) groups excluding carboxylic acids is 1. The van der Waals surface area contributed by atoms with Crippen molar-refractivity contribution in [3.8, 4) is 0 Å². The van der Waals surface area contributed by atoms with Crippen LogP contribution in [0.15, 0.2) is 16.7 Å². The molecule has 1 aliphatic heterocycles. The average Bonchev–Trinajstić information content (AvgIpc) is 3.00. The van der Waals surface area contributed by atoms with Crippen LogP contribution in [0.2, 0.25) is 0 Å². The van der Waals surface area contributed by atoms with Crippen molar-refractivity contribution in [1.82, 2.24) is 9.80 Å². The second-order valence-electron chi connectivity index (χ2n) is 5.58. The summed E-state index contributed by atoms with van der Waals surface area (Å²) in [6.07, 6.45) is 4.51. The molecule has 1 unspecified atom stereocenters. The van der Waals surface area contributed by atoms with Crippen molar-refractivity contribution in [2.24, 2.45) is 5.73 Å². The third kappa shape index (κ3) is 3.66. The Morgan fingerprint density at radius 1 is 1.33 bits per heavy atom. The Kier molecular flexibility index (Phi) is 5.82. The molecular weight excluding hydrogens is 266 g/mol. The summed E-state index contributed by atoms with van der Waals surface area (Å²) in [5.74, 6) is 0.893. The number of nitrogens with two attached hydrogens (primary N) is 1. The van der Waals surface area contributed by atoms with E-state index in [-0.39, 0.29) is 5.91 Å². The summed E-state index contributed by atoms with van der Waals surface area (Å²) in [7, 11) is 0. The number of hydrogen-bond donors (Lipinski definition) is 1. The number of amides is 1. The SMILES string of the molecule is CCc1occc1C(=O)N1CCN(C(CC)CCN)CC1. The van der Waals surface area contributed by atoms with Gasteiger partial charge >= 0.3 is 0 Å².